The Morgan fingerprint density at radius 1 is 1.12 bits per heavy atom. The van der Waals surface area contributed by atoms with Crippen molar-refractivity contribution < 1.29 is 4.79 Å². The van der Waals surface area contributed by atoms with Crippen molar-refractivity contribution in [2.45, 2.75) is 46.0 Å². The highest BCUT2D eigenvalue weighted by molar-refractivity contribution is 5.92. The van der Waals surface area contributed by atoms with Crippen molar-refractivity contribution in [3.05, 3.63) is 47.9 Å². The number of benzene rings is 1. The molecule has 128 valence electrons. The number of para-hydroxylation sites is 1. The Morgan fingerprint density at radius 2 is 1.92 bits per heavy atom. The SMILES string of the molecule is CCCCCNC(=O)c1cnc(Nc2ccccc2C(C)C)cn1. The Labute approximate surface area is 143 Å². The third kappa shape index (κ3) is 5.05. The van der Waals surface area contributed by atoms with Gasteiger partial charge >= 0.3 is 0 Å². The number of carbonyl (C=O) groups is 1. The van der Waals surface area contributed by atoms with Crippen LogP contribution in [0.25, 0.3) is 0 Å². The molecular weight excluding hydrogens is 300 g/mol. The van der Waals surface area contributed by atoms with E-state index in [1.807, 2.05) is 18.2 Å². The molecule has 0 aliphatic carbocycles. The molecule has 0 saturated carbocycles. The van der Waals surface area contributed by atoms with E-state index in [1.165, 1.54) is 11.8 Å². The Kier molecular flexibility index (Phi) is 6.73. The molecule has 5 heteroatoms. The topological polar surface area (TPSA) is 66.9 Å². The molecule has 0 saturated heterocycles. The van der Waals surface area contributed by atoms with Crippen molar-refractivity contribution in [2.24, 2.45) is 0 Å². The van der Waals surface area contributed by atoms with Gasteiger partial charge < -0.3 is 10.6 Å². The second-order valence-electron chi connectivity index (χ2n) is 6.12. The molecule has 0 radical (unpaired) electrons. The minimum Gasteiger partial charge on any atom is -0.351 e. The lowest BCUT2D eigenvalue weighted by Gasteiger charge is -2.13. The number of anilines is 2. The lowest BCUT2D eigenvalue weighted by Crippen LogP contribution is -2.25. The van der Waals surface area contributed by atoms with Crippen LogP contribution in [0.1, 0.15) is 62.0 Å². The minimum absolute atomic E-state index is 0.173. The minimum atomic E-state index is -0.173. The number of rotatable bonds is 8. The monoisotopic (exact) mass is 326 g/mol. The zero-order valence-corrected chi connectivity index (χ0v) is 14.7. The standard InChI is InChI=1S/C19H26N4O/c1-4-5-8-11-20-19(24)17-12-22-18(13-21-17)23-16-10-7-6-9-15(16)14(2)3/h6-7,9-10,12-14H,4-5,8,11H2,1-3H3,(H,20,24)(H,22,23). The van der Waals surface area contributed by atoms with E-state index in [4.69, 9.17) is 0 Å². The number of aromatic nitrogens is 2. The highest BCUT2D eigenvalue weighted by Crippen LogP contribution is 2.25. The zero-order chi connectivity index (χ0) is 17.4. The summed E-state index contributed by atoms with van der Waals surface area (Å²) in [4.78, 5) is 20.5. The van der Waals surface area contributed by atoms with Crippen LogP contribution in [0, 0.1) is 0 Å². The van der Waals surface area contributed by atoms with Crippen molar-refractivity contribution in [3.63, 3.8) is 0 Å². The number of amides is 1. The molecule has 2 rings (SSSR count). The first-order chi connectivity index (χ1) is 11.6. The Balaban J connectivity index is 1.98. The summed E-state index contributed by atoms with van der Waals surface area (Å²) in [6.07, 6.45) is 6.34. The number of hydrogen-bond acceptors (Lipinski definition) is 4. The summed E-state index contributed by atoms with van der Waals surface area (Å²) in [5, 5.41) is 6.14. The number of hydrogen-bond donors (Lipinski definition) is 2. The highest BCUT2D eigenvalue weighted by atomic mass is 16.1. The van der Waals surface area contributed by atoms with Gasteiger partial charge in [0.15, 0.2) is 0 Å². The van der Waals surface area contributed by atoms with Crippen LogP contribution in [0.4, 0.5) is 11.5 Å². The summed E-state index contributed by atoms with van der Waals surface area (Å²) in [6, 6.07) is 8.13. The molecule has 0 fully saturated rings. The average Bonchev–Trinajstić information content (AvgIpc) is 2.59. The first kappa shape index (κ1) is 17.9. The van der Waals surface area contributed by atoms with E-state index in [-0.39, 0.29) is 5.91 Å². The summed E-state index contributed by atoms with van der Waals surface area (Å²) in [7, 11) is 0. The molecule has 1 aromatic carbocycles. The molecule has 1 amide bonds. The fourth-order valence-corrected chi connectivity index (χ4v) is 2.43. The Bertz CT molecular complexity index is 653. The van der Waals surface area contributed by atoms with Gasteiger partial charge in [-0.2, -0.15) is 0 Å². The van der Waals surface area contributed by atoms with E-state index in [9.17, 15) is 4.79 Å². The molecule has 1 heterocycles. The first-order valence-corrected chi connectivity index (χ1v) is 8.58. The number of carbonyl (C=O) groups excluding carboxylic acids is 1. The molecule has 0 unspecified atom stereocenters. The van der Waals surface area contributed by atoms with Gasteiger partial charge in [-0.25, -0.2) is 9.97 Å². The molecule has 24 heavy (non-hydrogen) atoms. The van der Waals surface area contributed by atoms with Crippen molar-refractivity contribution in [1.82, 2.24) is 15.3 Å². The Morgan fingerprint density at radius 3 is 2.58 bits per heavy atom. The van der Waals surface area contributed by atoms with Crippen LogP contribution in [0.3, 0.4) is 0 Å². The van der Waals surface area contributed by atoms with Crippen molar-refractivity contribution in [3.8, 4) is 0 Å². The number of nitrogens with zero attached hydrogens (tertiary/aromatic N) is 2. The van der Waals surface area contributed by atoms with Gasteiger partial charge in [-0.3, -0.25) is 4.79 Å². The normalized spacial score (nSPS) is 10.7. The van der Waals surface area contributed by atoms with Crippen LogP contribution in [0.15, 0.2) is 36.7 Å². The molecule has 5 nitrogen and oxygen atoms in total. The third-order valence-corrected chi connectivity index (χ3v) is 3.80. The highest BCUT2D eigenvalue weighted by Gasteiger charge is 2.09. The van der Waals surface area contributed by atoms with E-state index in [2.05, 4.69) is 47.4 Å². The summed E-state index contributed by atoms with van der Waals surface area (Å²) >= 11 is 0. The van der Waals surface area contributed by atoms with E-state index in [1.54, 1.807) is 6.20 Å². The number of nitrogens with one attached hydrogen (secondary N) is 2. The quantitative estimate of drug-likeness (QED) is 0.711. The van der Waals surface area contributed by atoms with Crippen LogP contribution >= 0.6 is 0 Å². The first-order valence-electron chi connectivity index (χ1n) is 8.58. The fraction of sp³-hybridized carbons (Fsp3) is 0.421. The fourth-order valence-electron chi connectivity index (χ4n) is 2.43. The summed E-state index contributed by atoms with van der Waals surface area (Å²) < 4.78 is 0. The van der Waals surface area contributed by atoms with Crippen LogP contribution in [0.2, 0.25) is 0 Å². The molecule has 0 aliphatic heterocycles. The maximum atomic E-state index is 12.0. The molecule has 1 aromatic heterocycles. The van der Waals surface area contributed by atoms with Gasteiger partial charge in [0.2, 0.25) is 0 Å². The van der Waals surface area contributed by atoms with Crippen LogP contribution in [0.5, 0.6) is 0 Å². The predicted molar refractivity (Wildman–Crippen MR) is 97.7 cm³/mol. The molecule has 2 N–H and O–H groups in total. The van der Waals surface area contributed by atoms with Crippen molar-refractivity contribution >= 4 is 17.4 Å². The smallest absolute Gasteiger partial charge is 0.271 e. The van der Waals surface area contributed by atoms with E-state index >= 15 is 0 Å². The van der Waals surface area contributed by atoms with E-state index in [0.717, 1.165) is 24.9 Å². The van der Waals surface area contributed by atoms with Gasteiger partial charge in [0.1, 0.15) is 11.5 Å². The van der Waals surface area contributed by atoms with Gasteiger partial charge in [0.25, 0.3) is 5.91 Å². The summed E-state index contributed by atoms with van der Waals surface area (Å²) in [5.74, 6) is 0.869. The number of unbranched alkanes of at least 4 members (excludes halogenated alkanes) is 2. The average molecular weight is 326 g/mol. The Hall–Kier alpha value is -2.43. The van der Waals surface area contributed by atoms with Crippen molar-refractivity contribution in [2.75, 3.05) is 11.9 Å². The van der Waals surface area contributed by atoms with Gasteiger partial charge in [-0.1, -0.05) is 51.8 Å². The third-order valence-electron chi connectivity index (χ3n) is 3.80. The second kappa shape index (κ2) is 9.01. The maximum absolute atomic E-state index is 12.0. The largest absolute Gasteiger partial charge is 0.351 e. The summed E-state index contributed by atoms with van der Waals surface area (Å²) in [6.45, 7) is 7.11. The van der Waals surface area contributed by atoms with Crippen molar-refractivity contribution in [1.29, 1.82) is 0 Å². The molecule has 0 atom stereocenters. The lowest BCUT2D eigenvalue weighted by molar-refractivity contribution is 0.0947. The molecule has 0 spiro atoms. The van der Waals surface area contributed by atoms with Gasteiger partial charge in [0.05, 0.1) is 12.4 Å². The second-order valence-corrected chi connectivity index (χ2v) is 6.12. The van der Waals surface area contributed by atoms with E-state index in [0.29, 0.717) is 24.0 Å². The zero-order valence-electron chi connectivity index (χ0n) is 14.7. The van der Waals surface area contributed by atoms with Crippen LogP contribution < -0.4 is 10.6 Å². The lowest BCUT2D eigenvalue weighted by atomic mass is 10.0. The van der Waals surface area contributed by atoms with Gasteiger partial charge in [-0.15, -0.1) is 0 Å². The molecule has 0 bridgehead atoms. The molecular formula is C19H26N4O. The molecule has 2 aromatic rings. The molecule has 0 aliphatic rings. The predicted octanol–water partition coefficient (Wildman–Crippen LogP) is 4.26. The summed E-state index contributed by atoms with van der Waals surface area (Å²) in [5.41, 5.74) is 2.57. The van der Waals surface area contributed by atoms with E-state index < -0.39 is 0 Å². The van der Waals surface area contributed by atoms with Gasteiger partial charge in [-0.05, 0) is 24.0 Å². The van der Waals surface area contributed by atoms with Gasteiger partial charge in [0, 0.05) is 12.2 Å². The maximum Gasteiger partial charge on any atom is 0.271 e. The van der Waals surface area contributed by atoms with Crippen LogP contribution in [-0.2, 0) is 0 Å². The van der Waals surface area contributed by atoms with Crippen LogP contribution in [-0.4, -0.2) is 22.4 Å².